The second-order valence-electron chi connectivity index (χ2n) is 3.22. The van der Waals surface area contributed by atoms with Gasteiger partial charge in [-0.15, -0.1) is 0 Å². The monoisotopic (exact) mass is 189 g/mol. The predicted octanol–water partition coefficient (Wildman–Crippen LogP) is 0.606. The molecule has 80 valence electrons. The molecule has 0 aliphatic carbocycles. The molecule has 1 saturated heterocycles. The van der Waals surface area contributed by atoms with E-state index in [4.69, 9.17) is 0 Å². The average molecular weight is 189 g/mol. The highest BCUT2D eigenvalue weighted by Gasteiger charge is 1.93. The summed E-state index contributed by atoms with van der Waals surface area (Å²) in [4.78, 5) is 0. The fourth-order valence-corrected chi connectivity index (χ4v) is 1.35. The van der Waals surface area contributed by atoms with Crippen molar-refractivity contribution in [3.8, 4) is 0 Å². The Kier molecular flexibility index (Phi) is 9.73. The van der Waals surface area contributed by atoms with Gasteiger partial charge in [-0.2, -0.15) is 11.1 Å². The van der Waals surface area contributed by atoms with Gasteiger partial charge in [-0.3, -0.25) is 0 Å². The minimum absolute atomic E-state index is 0. The summed E-state index contributed by atoms with van der Waals surface area (Å²) in [7, 11) is 0. The molecule has 0 amide bonds. The van der Waals surface area contributed by atoms with Crippen LogP contribution in [-0.4, -0.2) is 13.1 Å². The Bertz CT molecular complexity index is 55.5. The molecule has 1 fully saturated rings. The van der Waals surface area contributed by atoms with Crippen LogP contribution >= 0.6 is 0 Å². The molecule has 1 rings (SSSR count). The van der Waals surface area contributed by atoms with Crippen LogP contribution in [0.4, 0.5) is 0 Å². The van der Waals surface area contributed by atoms with E-state index in [1.165, 1.54) is 38.5 Å². The van der Waals surface area contributed by atoms with Gasteiger partial charge in [0.15, 0.2) is 0 Å². The van der Waals surface area contributed by atoms with Gasteiger partial charge in [0.05, 0.1) is 0 Å². The Balaban J connectivity index is 0.00000144. The molecule has 13 heavy (non-hydrogen) atoms. The summed E-state index contributed by atoms with van der Waals surface area (Å²) in [6.07, 6.45) is 7.98. The second kappa shape index (κ2) is 9.88. The highest BCUT2D eigenvalue weighted by Crippen LogP contribution is 2.04. The van der Waals surface area contributed by atoms with E-state index in [1.807, 2.05) is 0 Å². The minimum atomic E-state index is 0. The fraction of sp³-hybridized carbons (Fsp3) is 1.00. The van der Waals surface area contributed by atoms with E-state index in [1.54, 1.807) is 0 Å². The van der Waals surface area contributed by atoms with Crippen molar-refractivity contribution in [1.82, 2.24) is 28.1 Å². The lowest BCUT2D eigenvalue weighted by atomic mass is 10.1. The molecule has 0 unspecified atom stereocenters. The van der Waals surface area contributed by atoms with Gasteiger partial charge < -0.3 is 6.15 Å². The van der Waals surface area contributed by atoms with Gasteiger partial charge in [-0.05, 0) is 12.8 Å². The first kappa shape index (κ1) is 12.8. The Labute approximate surface area is 80.5 Å². The molecule has 0 saturated carbocycles. The maximum Gasteiger partial charge on any atom is 0.0113 e. The lowest BCUT2D eigenvalue weighted by Crippen LogP contribution is -2.51. The van der Waals surface area contributed by atoms with E-state index in [-0.39, 0.29) is 6.15 Å². The summed E-state index contributed by atoms with van der Waals surface area (Å²) in [5, 5.41) is 0. The number of hydrogen-bond acceptors (Lipinski definition) is 5. The van der Waals surface area contributed by atoms with Crippen LogP contribution in [-0.2, 0) is 0 Å². The SMILES string of the molecule is C1CCCCNNNNCCC1.N. The highest BCUT2D eigenvalue weighted by molar-refractivity contribution is 4.49. The first-order valence-electron chi connectivity index (χ1n) is 4.96. The molecule has 0 spiro atoms. The maximum atomic E-state index is 3.08. The van der Waals surface area contributed by atoms with Crippen molar-refractivity contribution >= 4 is 0 Å². The molecule has 1 aliphatic rings. The number of hydrogen-bond donors (Lipinski definition) is 5. The molecular weight excluding hydrogens is 166 g/mol. The molecule has 0 radical (unpaired) electrons. The number of rotatable bonds is 0. The van der Waals surface area contributed by atoms with Gasteiger partial charge in [-0.1, -0.05) is 25.7 Å². The largest absolute Gasteiger partial charge is 0.344 e. The average Bonchev–Trinajstić information content (AvgIpc) is 2.05. The molecule has 0 bridgehead atoms. The van der Waals surface area contributed by atoms with Crippen LogP contribution in [0.25, 0.3) is 0 Å². The van der Waals surface area contributed by atoms with E-state index >= 15 is 0 Å². The van der Waals surface area contributed by atoms with Crippen molar-refractivity contribution in [3.63, 3.8) is 0 Å². The minimum Gasteiger partial charge on any atom is -0.344 e. The molecule has 1 aliphatic heterocycles. The Morgan fingerprint density at radius 3 is 1.38 bits per heavy atom. The molecule has 0 aromatic carbocycles. The Morgan fingerprint density at radius 1 is 0.538 bits per heavy atom. The molecule has 1 heterocycles. The van der Waals surface area contributed by atoms with Crippen LogP contribution < -0.4 is 28.1 Å². The van der Waals surface area contributed by atoms with Gasteiger partial charge in [0, 0.05) is 13.1 Å². The van der Waals surface area contributed by atoms with Crippen LogP contribution in [0, 0.1) is 0 Å². The first-order chi connectivity index (χ1) is 6.00. The Morgan fingerprint density at radius 2 is 0.923 bits per heavy atom. The van der Waals surface area contributed by atoms with E-state index in [0.717, 1.165) is 13.1 Å². The third kappa shape index (κ3) is 8.14. The van der Waals surface area contributed by atoms with Gasteiger partial charge in [0.2, 0.25) is 0 Å². The fourth-order valence-electron chi connectivity index (χ4n) is 1.35. The zero-order chi connectivity index (χ0) is 8.49. The third-order valence-corrected chi connectivity index (χ3v) is 2.09. The lowest BCUT2D eigenvalue weighted by molar-refractivity contribution is 0.354. The van der Waals surface area contributed by atoms with Crippen LogP contribution in [0.1, 0.15) is 38.5 Å². The van der Waals surface area contributed by atoms with E-state index < -0.39 is 0 Å². The normalized spacial score (nSPS) is 22.2. The van der Waals surface area contributed by atoms with E-state index in [2.05, 4.69) is 21.9 Å². The summed E-state index contributed by atoms with van der Waals surface area (Å²) in [5.41, 5.74) is 11.9. The standard InChI is InChI=1S/C8H20N4.H3N/c1-2-4-6-8-10-12-11-9-7-5-3-1;/h9-12H,1-8H2;1H3. The van der Waals surface area contributed by atoms with Gasteiger partial charge in [0.1, 0.15) is 0 Å². The zero-order valence-electron chi connectivity index (χ0n) is 8.36. The van der Waals surface area contributed by atoms with Crippen molar-refractivity contribution < 1.29 is 0 Å². The highest BCUT2D eigenvalue weighted by atomic mass is 15.7. The molecule has 5 heteroatoms. The van der Waals surface area contributed by atoms with Gasteiger partial charge in [-0.25, -0.2) is 10.9 Å². The molecular formula is C8H23N5. The third-order valence-electron chi connectivity index (χ3n) is 2.09. The van der Waals surface area contributed by atoms with Crippen LogP contribution in [0.15, 0.2) is 0 Å². The predicted molar refractivity (Wildman–Crippen MR) is 55.0 cm³/mol. The molecule has 7 N–H and O–H groups in total. The van der Waals surface area contributed by atoms with Gasteiger partial charge in [0.25, 0.3) is 0 Å². The van der Waals surface area contributed by atoms with E-state index in [0.29, 0.717) is 0 Å². The van der Waals surface area contributed by atoms with Crippen molar-refractivity contribution in [2.75, 3.05) is 13.1 Å². The van der Waals surface area contributed by atoms with E-state index in [9.17, 15) is 0 Å². The molecule has 0 atom stereocenters. The molecule has 0 aromatic heterocycles. The number of nitrogens with one attached hydrogen (secondary N) is 4. The first-order valence-corrected chi connectivity index (χ1v) is 4.96. The summed E-state index contributed by atoms with van der Waals surface area (Å²) in [6, 6.07) is 0. The number of hydrazine groups is 3. The molecule has 5 nitrogen and oxygen atoms in total. The summed E-state index contributed by atoms with van der Waals surface area (Å²) in [5.74, 6) is 0. The van der Waals surface area contributed by atoms with Crippen molar-refractivity contribution in [2.24, 2.45) is 0 Å². The van der Waals surface area contributed by atoms with Crippen LogP contribution in [0.5, 0.6) is 0 Å². The van der Waals surface area contributed by atoms with Crippen LogP contribution in [0.3, 0.4) is 0 Å². The second-order valence-corrected chi connectivity index (χ2v) is 3.22. The topological polar surface area (TPSA) is 83.1 Å². The zero-order valence-corrected chi connectivity index (χ0v) is 8.36. The lowest BCUT2D eigenvalue weighted by Gasteiger charge is -2.11. The quantitative estimate of drug-likeness (QED) is 0.385. The Hall–Kier alpha value is -0.200. The van der Waals surface area contributed by atoms with Crippen molar-refractivity contribution in [1.29, 1.82) is 0 Å². The molecule has 0 aromatic rings. The smallest absolute Gasteiger partial charge is 0.0113 e. The summed E-state index contributed by atoms with van der Waals surface area (Å²) >= 11 is 0. The maximum absolute atomic E-state index is 3.08. The summed E-state index contributed by atoms with van der Waals surface area (Å²) < 4.78 is 0. The van der Waals surface area contributed by atoms with Crippen LogP contribution in [0.2, 0.25) is 0 Å². The van der Waals surface area contributed by atoms with Crippen molar-refractivity contribution in [2.45, 2.75) is 38.5 Å². The van der Waals surface area contributed by atoms with Crippen molar-refractivity contribution in [3.05, 3.63) is 0 Å². The summed E-state index contributed by atoms with van der Waals surface area (Å²) in [6.45, 7) is 2.07. The van der Waals surface area contributed by atoms with Gasteiger partial charge >= 0.3 is 0 Å².